The predicted molar refractivity (Wildman–Crippen MR) is 58.5 cm³/mol. The van der Waals surface area contributed by atoms with Gasteiger partial charge in [0.05, 0.1) is 0 Å². The number of nitrogens with two attached hydrogens (primary N) is 1. The molecule has 1 saturated heterocycles. The van der Waals surface area contributed by atoms with Crippen LogP contribution in [0.2, 0.25) is 0 Å². The number of aromatic hydroxyl groups is 1. The van der Waals surface area contributed by atoms with Crippen LogP contribution in [0.4, 0.5) is 4.39 Å². The molecule has 1 aliphatic rings. The van der Waals surface area contributed by atoms with Gasteiger partial charge in [0.15, 0.2) is 11.6 Å². The molecule has 1 aromatic rings. The normalized spacial score (nSPS) is 19.6. The Morgan fingerprint density at radius 3 is 2.69 bits per heavy atom. The molecule has 0 saturated carbocycles. The highest BCUT2D eigenvalue weighted by Crippen LogP contribution is 2.29. The summed E-state index contributed by atoms with van der Waals surface area (Å²) in [5, 5.41) is 9.10. The molecule has 2 rings (SSSR count). The third-order valence-corrected chi connectivity index (χ3v) is 3.13. The molecule has 0 amide bonds. The van der Waals surface area contributed by atoms with Crippen molar-refractivity contribution in [2.45, 2.75) is 18.9 Å². The SMILES string of the molecule is N[C@@H](c1ccc(O)c(F)c1)C1CCOCC1. The molecule has 1 atom stereocenters. The first-order chi connectivity index (χ1) is 7.68. The first-order valence-electron chi connectivity index (χ1n) is 5.50. The van der Waals surface area contributed by atoms with Crippen molar-refractivity contribution in [3.63, 3.8) is 0 Å². The summed E-state index contributed by atoms with van der Waals surface area (Å²) in [6.07, 6.45) is 1.81. The maximum Gasteiger partial charge on any atom is 0.165 e. The summed E-state index contributed by atoms with van der Waals surface area (Å²) in [7, 11) is 0. The Bertz CT molecular complexity index is 364. The highest BCUT2D eigenvalue weighted by Gasteiger charge is 2.22. The molecule has 0 aliphatic carbocycles. The molecule has 1 fully saturated rings. The first kappa shape index (κ1) is 11.4. The Morgan fingerprint density at radius 2 is 2.06 bits per heavy atom. The molecule has 3 N–H and O–H groups in total. The number of phenolic OH excluding ortho intramolecular Hbond substituents is 1. The molecule has 4 heteroatoms. The van der Waals surface area contributed by atoms with Crippen molar-refractivity contribution in [1.82, 2.24) is 0 Å². The van der Waals surface area contributed by atoms with Crippen molar-refractivity contribution < 1.29 is 14.2 Å². The molecule has 1 heterocycles. The van der Waals surface area contributed by atoms with Gasteiger partial charge in [-0.25, -0.2) is 4.39 Å². The lowest BCUT2D eigenvalue weighted by atomic mass is 9.88. The third-order valence-electron chi connectivity index (χ3n) is 3.13. The van der Waals surface area contributed by atoms with Crippen LogP contribution in [-0.4, -0.2) is 18.3 Å². The van der Waals surface area contributed by atoms with E-state index in [4.69, 9.17) is 15.6 Å². The fourth-order valence-corrected chi connectivity index (χ4v) is 2.08. The number of hydrogen-bond acceptors (Lipinski definition) is 3. The fourth-order valence-electron chi connectivity index (χ4n) is 2.08. The quantitative estimate of drug-likeness (QED) is 0.809. The lowest BCUT2D eigenvalue weighted by Crippen LogP contribution is -2.27. The van der Waals surface area contributed by atoms with Gasteiger partial charge < -0.3 is 15.6 Å². The second-order valence-corrected chi connectivity index (χ2v) is 4.19. The van der Waals surface area contributed by atoms with Gasteiger partial charge in [0.25, 0.3) is 0 Å². The molecular formula is C12H16FNO2. The Labute approximate surface area is 94.0 Å². The lowest BCUT2D eigenvalue weighted by Gasteiger charge is -2.27. The van der Waals surface area contributed by atoms with E-state index < -0.39 is 5.82 Å². The van der Waals surface area contributed by atoms with Crippen LogP contribution >= 0.6 is 0 Å². The maximum atomic E-state index is 13.2. The number of rotatable bonds is 2. The zero-order valence-electron chi connectivity index (χ0n) is 9.03. The van der Waals surface area contributed by atoms with Gasteiger partial charge in [-0.3, -0.25) is 0 Å². The van der Waals surface area contributed by atoms with Gasteiger partial charge in [-0.1, -0.05) is 6.07 Å². The van der Waals surface area contributed by atoms with E-state index in [1.54, 1.807) is 6.07 Å². The van der Waals surface area contributed by atoms with E-state index in [1.165, 1.54) is 12.1 Å². The lowest BCUT2D eigenvalue weighted by molar-refractivity contribution is 0.0583. The van der Waals surface area contributed by atoms with Crippen LogP contribution in [-0.2, 0) is 4.74 Å². The van der Waals surface area contributed by atoms with Crippen LogP contribution in [0.5, 0.6) is 5.75 Å². The summed E-state index contributed by atoms with van der Waals surface area (Å²) in [5.74, 6) is -0.611. The largest absolute Gasteiger partial charge is 0.505 e. The summed E-state index contributed by atoms with van der Waals surface area (Å²) in [4.78, 5) is 0. The van der Waals surface area contributed by atoms with Crippen LogP contribution in [0.1, 0.15) is 24.4 Å². The van der Waals surface area contributed by atoms with Gasteiger partial charge in [0.1, 0.15) is 0 Å². The van der Waals surface area contributed by atoms with Crippen molar-refractivity contribution in [1.29, 1.82) is 0 Å². The van der Waals surface area contributed by atoms with Crippen LogP contribution in [0.3, 0.4) is 0 Å². The minimum atomic E-state index is -0.611. The van der Waals surface area contributed by atoms with E-state index in [1.807, 2.05) is 0 Å². The van der Waals surface area contributed by atoms with E-state index in [9.17, 15) is 4.39 Å². The van der Waals surface area contributed by atoms with Crippen molar-refractivity contribution in [3.05, 3.63) is 29.6 Å². The average molecular weight is 225 g/mol. The summed E-state index contributed by atoms with van der Waals surface area (Å²) >= 11 is 0. The number of halogens is 1. The third kappa shape index (κ3) is 2.33. The fraction of sp³-hybridized carbons (Fsp3) is 0.500. The van der Waals surface area contributed by atoms with Crippen LogP contribution in [0.15, 0.2) is 18.2 Å². The highest BCUT2D eigenvalue weighted by atomic mass is 19.1. The maximum absolute atomic E-state index is 13.2. The van der Waals surface area contributed by atoms with Gasteiger partial charge in [0.2, 0.25) is 0 Å². The smallest absolute Gasteiger partial charge is 0.165 e. The summed E-state index contributed by atoms with van der Waals surface area (Å²) in [5.41, 5.74) is 6.82. The van der Waals surface area contributed by atoms with Gasteiger partial charge in [-0.05, 0) is 36.5 Å². The van der Waals surface area contributed by atoms with E-state index >= 15 is 0 Å². The highest BCUT2D eigenvalue weighted by molar-refractivity contribution is 5.30. The minimum absolute atomic E-state index is 0.181. The Balaban J connectivity index is 2.12. The molecule has 0 spiro atoms. The predicted octanol–water partition coefficient (Wildman–Crippen LogP) is 1.96. The van der Waals surface area contributed by atoms with Crippen molar-refractivity contribution in [2.24, 2.45) is 11.7 Å². The zero-order chi connectivity index (χ0) is 11.5. The number of ether oxygens (including phenoxy) is 1. The van der Waals surface area contributed by atoms with Gasteiger partial charge in [-0.2, -0.15) is 0 Å². The molecular weight excluding hydrogens is 209 g/mol. The van der Waals surface area contributed by atoms with Crippen LogP contribution < -0.4 is 5.73 Å². The van der Waals surface area contributed by atoms with Crippen molar-refractivity contribution in [3.8, 4) is 5.75 Å². The zero-order valence-corrected chi connectivity index (χ0v) is 9.03. The number of phenols is 1. The Kier molecular flexibility index (Phi) is 3.41. The topological polar surface area (TPSA) is 55.5 Å². The molecule has 0 radical (unpaired) electrons. The average Bonchev–Trinajstić information content (AvgIpc) is 2.33. The van der Waals surface area contributed by atoms with Gasteiger partial charge in [-0.15, -0.1) is 0 Å². The molecule has 0 bridgehead atoms. The molecule has 3 nitrogen and oxygen atoms in total. The molecule has 0 unspecified atom stereocenters. The molecule has 0 aromatic heterocycles. The minimum Gasteiger partial charge on any atom is -0.505 e. The standard InChI is InChI=1S/C12H16FNO2/c13-10-7-9(1-2-11(10)15)12(14)8-3-5-16-6-4-8/h1-2,7-8,12,15H,3-6,14H2/t12-/m1/s1. The molecule has 1 aliphatic heterocycles. The summed E-state index contributed by atoms with van der Waals surface area (Å²) < 4.78 is 18.4. The van der Waals surface area contributed by atoms with Crippen molar-refractivity contribution in [2.75, 3.05) is 13.2 Å². The monoisotopic (exact) mass is 225 g/mol. The van der Waals surface area contributed by atoms with Gasteiger partial charge in [0, 0.05) is 19.3 Å². The second kappa shape index (κ2) is 4.80. The van der Waals surface area contributed by atoms with Crippen molar-refractivity contribution >= 4 is 0 Å². The van der Waals surface area contributed by atoms with E-state index in [2.05, 4.69) is 0 Å². The summed E-state index contributed by atoms with van der Waals surface area (Å²) in [6, 6.07) is 4.16. The number of benzene rings is 1. The second-order valence-electron chi connectivity index (χ2n) is 4.19. The van der Waals surface area contributed by atoms with E-state index in [0.717, 1.165) is 31.6 Å². The molecule has 16 heavy (non-hydrogen) atoms. The first-order valence-corrected chi connectivity index (χ1v) is 5.50. The van der Waals surface area contributed by atoms with Crippen LogP contribution in [0.25, 0.3) is 0 Å². The van der Waals surface area contributed by atoms with E-state index in [0.29, 0.717) is 5.92 Å². The Morgan fingerprint density at radius 1 is 1.38 bits per heavy atom. The molecule has 1 aromatic carbocycles. The van der Waals surface area contributed by atoms with Gasteiger partial charge >= 0.3 is 0 Å². The summed E-state index contributed by atoms with van der Waals surface area (Å²) in [6.45, 7) is 1.44. The molecule has 88 valence electrons. The van der Waals surface area contributed by atoms with E-state index in [-0.39, 0.29) is 11.8 Å². The number of hydrogen-bond donors (Lipinski definition) is 2. The Hall–Kier alpha value is -1.13. The van der Waals surface area contributed by atoms with Crippen LogP contribution in [0, 0.1) is 11.7 Å².